The van der Waals surface area contributed by atoms with Gasteiger partial charge in [-0.25, -0.2) is 0 Å². The van der Waals surface area contributed by atoms with Gasteiger partial charge in [0, 0.05) is 11.4 Å². The number of aryl methyl sites for hydroxylation is 2. The minimum atomic E-state index is -1.13. The molecular weight excluding hydrogens is 486 g/mol. The van der Waals surface area contributed by atoms with Crippen molar-refractivity contribution in [1.82, 2.24) is 4.90 Å². The van der Waals surface area contributed by atoms with Crippen LogP contribution < -0.4 is 15.4 Å². The third kappa shape index (κ3) is 4.14. The summed E-state index contributed by atoms with van der Waals surface area (Å²) in [5.74, 6) is -1.87. The zero-order chi connectivity index (χ0) is 27.2. The van der Waals surface area contributed by atoms with Crippen LogP contribution in [0.15, 0.2) is 42.5 Å². The van der Waals surface area contributed by atoms with Crippen LogP contribution in [0.1, 0.15) is 37.8 Å². The molecule has 3 aliphatic heterocycles. The molecule has 0 saturated carbocycles. The zero-order valence-electron chi connectivity index (χ0n) is 22.2. The summed E-state index contributed by atoms with van der Waals surface area (Å²) in [6.07, 6.45) is 0.591. The van der Waals surface area contributed by atoms with Crippen molar-refractivity contribution in [1.29, 1.82) is 0 Å². The number of carbonyl (C=O) groups is 3. The summed E-state index contributed by atoms with van der Waals surface area (Å²) in [7, 11) is 0. The highest BCUT2D eigenvalue weighted by Gasteiger charge is 2.74. The summed E-state index contributed by atoms with van der Waals surface area (Å²) in [5, 5.41) is 16.0. The molecule has 0 radical (unpaired) electrons. The summed E-state index contributed by atoms with van der Waals surface area (Å²) >= 11 is 0. The Labute approximate surface area is 222 Å². The van der Waals surface area contributed by atoms with Gasteiger partial charge in [0.15, 0.2) is 0 Å². The van der Waals surface area contributed by atoms with Gasteiger partial charge in [0.25, 0.3) is 0 Å². The molecule has 0 aliphatic carbocycles. The first-order valence-corrected chi connectivity index (χ1v) is 13.2. The standard InChI is InChI=1S/C29H35N3O6/c1-5-37-20-11-9-19(10-12-20)30-26(34)22-21-13-14-29(38-21)23(22)28(36)32(18(4)15-33)25(29)27(35)31-24-16(2)7-6-8-17(24)3/h6-12,18,21-23,25,33H,5,13-15H2,1-4H3,(H,30,34)(H,31,35)/t18-,21-,22+,23+,25?,29?/m1/s1. The van der Waals surface area contributed by atoms with Gasteiger partial charge in [0.05, 0.1) is 37.2 Å². The quantitative estimate of drug-likeness (QED) is 0.492. The highest BCUT2D eigenvalue weighted by Crippen LogP contribution is 2.59. The maximum atomic E-state index is 13.9. The molecule has 3 fully saturated rings. The molecule has 3 saturated heterocycles. The van der Waals surface area contributed by atoms with Crippen LogP contribution in [0.3, 0.4) is 0 Å². The minimum absolute atomic E-state index is 0.311. The predicted molar refractivity (Wildman–Crippen MR) is 142 cm³/mol. The topological polar surface area (TPSA) is 117 Å². The lowest BCUT2D eigenvalue weighted by molar-refractivity contribution is -0.142. The second-order valence-corrected chi connectivity index (χ2v) is 10.5. The fraction of sp³-hybridized carbons (Fsp3) is 0.483. The Balaban J connectivity index is 1.45. The van der Waals surface area contributed by atoms with Crippen LogP contribution >= 0.6 is 0 Å². The molecular formula is C29H35N3O6. The molecule has 3 N–H and O–H groups in total. The first-order valence-electron chi connectivity index (χ1n) is 13.2. The van der Waals surface area contributed by atoms with Crippen LogP contribution in [0.5, 0.6) is 5.75 Å². The van der Waals surface area contributed by atoms with E-state index >= 15 is 0 Å². The number of likely N-dealkylation sites (tertiary alicyclic amines) is 1. The smallest absolute Gasteiger partial charge is 0.250 e. The number of carbonyl (C=O) groups excluding carboxylic acids is 3. The van der Waals surface area contributed by atoms with Crippen molar-refractivity contribution >= 4 is 29.1 Å². The van der Waals surface area contributed by atoms with Gasteiger partial charge in [-0.1, -0.05) is 18.2 Å². The summed E-state index contributed by atoms with van der Waals surface area (Å²) in [6.45, 7) is 7.66. The Morgan fingerprint density at radius 3 is 2.45 bits per heavy atom. The van der Waals surface area contributed by atoms with Crippen LogP contribution in [0.25, 0.3) is 0 Å². The summed E-state index contributed by atoms with van der Waals surface area (Å²) in [5.41, 5.74) is 1.96. The second-order valence-electron chi connectivity index (χ2n) is 10.5. The zero-order valence-corrected chi connectivity index (χ0v) is 22.2. The number of benzene rings is 2. The van der Waals surface area contributed by atoms with E-state index in [1.165, 1.54) is 4.90 Å². The van der Waals surface area contributed by atoms with Gasteiger partial charge in [0.1, 0.15) is 17.4 Å². The number of ether oxygens (including phenoxy) is 2. The van der Waals surface area contributed by atoms with Crippen LogP contribution in [0.2, 0.25) is 0 Å². The summed E-state index contributed by atoms with van der Waals surface area (Å²) < 4.78 is 11.9. The number of anilines is 2. The Hall–Kier alpha value is -3.43. The molecule has 2 unspecified atom stereocenters. The van der Waals surface area contributed by atoms with E-state index in [-0.39, 0.29) is 24.3 Å². The molecule has 3 heterocycles. The number of aliphatic hydroxyl groups is 1. The van der Waals surface area contributed by atoms with Gasteiger partial charge in [-0.2, -0.15) is 0 Å². The number of hydrogen-bond acceptors (Lipinski definition) is 6. The largest absolute Gasteiger partial charge is 0.494 e. The van der Waals surface area contributed by atoms with Crippen molar-refractivity contribution < 1.29 is 29.0 Å². The molecule has 2 bridgehead atoms. The molecule has 38 heavy (non-hydrogen) atoms. The number of amides is 3. The van der Waals surface area contributed by atoms with E-state index in [2.05, 4.69) is 10.6 Å². The van der Waals surface area contributed by atoms with E-state index in [0.29, 0.717) is 36.6 Å². The molecule has 9 heteroatoms. The first kappa shape index (κ1) is 26.2. The van der Waals surface area contributed by atoms with E-state index in [9.17, 15) is 19.5 Å². The lowest BCUT2D eigenvalue weighted by Gasteiger charge is -2.35. The van der Waals surface area contributed by atoms with Crippen molar-refractivity contribution in [2.75, 3.05) is 23.8 Å². The van der Waals surface area contributed by atoms with Crippen molar-refractivity contribution in [3.63, 3.8) is 0 Å². The fourth-order valence-corrected chi connectivity index (χ4v) is 6.48. The monoisotopic (exact) mass is 521 g/mol. The molecule has 3 amide bonds. The number of rotatable bonds is 8. The van der Waals surface area contributed by atoms with Crippen molar-refractivity contribution in [2.45, 2.75) is 64.3 Å². The minimum Gasteiger partial charge on any atom is -0.494 e. The SMILES string of the molecule is CCOc1ccc(NC(=O)[C@@H]2[C@H]3C(=O)N([C@H](C)CO)C(C(=O)Nc4c(C)cccc4C)C34CC[C@H]2O4)cc1. The summed E-state index contributed by atoms with van der Waals surface area (Å²) in [4.78, 5) is 42.8. The van der Waals surface area contributed by atoms with Gasteiger partial charge in [-0.15, -0.1) is 0 Å². The Kier molecular flexibility index (Phi) is 6.92. The number of nitrogens with zero attached hydrogens (tertiary/aromatic N) is 1. The molecule has 5 rings (SSSR count). The maximum Gasteiger partial charge on any atom is 0.250 e. The second kappa shape index (κ2) is 10.0. The predicted octanol–water partition coefficient (Wildman–Crippen LogP) is 3.03. The number of para-hydroxylation sites is 1. The number of aliphatic hydroxyl groups excluding tert-OH is 1. The van der Waals surface area contributed by atoms with Crippen LogP contribution in [-0.2, 0) is 19.1 Å². The molecule has 2 aromatic rings. The van der Waals surface area contributed by atoms with E-state index in [0.717, 1.165) is 11.1 Å². The van der Waals surface area contributed by atoms with Crippen molar-refractivity contribution in [3.8, 4) is 5.75 Å². The lowest BCUT2D eigenvalue weighted by Crippen LogP contribution is -2.55. The van der Waals surface area contributed by atoms with E-state index in [4.69, 9.17) is 9.47 Å². The third-order valence-corrected chi connectivity index (χ3v) is 8.19. The van der Waals surface area contributed by atoms with Gasteiger partial charge >= 0.3 is 0 Å². The van der Waals surface area contributed by atoms with Gasteiger partial charge in [-0.05, 0) is 75.9 Å². The average molecular weight is 522 g/mol. The first-order chi connectivity index (χ1) is 18.2. The van der Waals surface area contributed by atoms with Gasteiger partial charge < -0.3 is 30.1 Å². The molecule has 0 aromatic heterocycles. The highest BCUT2D eigenvalue weighted by atomic mass is 16.5. The Bertz CT molecular complexity index is 1230. The van der Waals surface area contributed by atoms with Crippen LogP contribution in [-0.4, -0.2) is 64.7 Å². The summed E-state index contributed by atoms with van der Waals surface area (Å²) in [6, 6.07) is 11.2. The van der Waals surface area contributed by atoms with Gasteiger partial charge in [0.2, 0.25) is 17.7 Å². The lowest BCUT2D eigenvalue weighted by atomic mass is 9.70. The maximum absolute atomic E-state index is 13.9. The number of hydrogen-bond donors (Lipinski definition) is 3. The van der Waals surface area contributed by atoms with Crippen molar-refractivity contribution in [2.24, 2.45) is 11.8 Å². The molecule has 9 nitrogen and oxygen atoms in total. The van der Waals surface area contributed by atoms with E-state index in [1.54, 1.807) is 31.2 Å². The van der Waals surface area contributed by atoms with Crippen molar-refractivity contribution in [3.05, 3.63) is 53.6 Å². The van der Waals surface area contributed by atoms with E-state index in [1.807, 2.05) is 39.0 Å². The number of nitrogens with one attached hydrogen (secondary N) is 2. The molecule has 1 spiro atoms. The fourth-order valence-electron chi connectivity index (χ4n) is 6.48. The Morgan fingerprint density at radius 1 is 1.13 bits per heavy atom. The normalized spacial score (nSPS) is 28.2. The van der Waals surface area contributed by atoms with Crippen LogP contribution in [0, 0.1) is 25.7 Å². The highest BCUT2D eigenvalue weighted by molar-refractivity contribution is 6.05. The van der Waals surface area contributed by atoms with E-state index < -0.39 is 35.6 Å². The molecule has 6 atom stereocenters. The van der Waals surface area contributed by atoms with Crippen LogP contribution in [0.4, 0.5) is 11.4 Å². The molecule has 202 valence electrons. The average Bonchev–Trinajstić information content (AvgIpc) is 3.54. The Morgan fingerprint density at radius 2 is 1.82 bits per heavy atom. The van der Waals surface area contributed by atoms with Gasteiger partial charge in [-0.3, -0.25) is 14.4 Å². The number of fused-ring (bicyclic) bond motifs is 1. The molecule has 3 aliphatic rings. The third-order valence-electron chi connectivity index (χ3n) is 8.19. The molecule has 2 aromatic carbocycles.